The number of ether oxygens (including phenoxy) is 1. The molecule has 0 saturated carbocycles. The summed E-state index contributed by atoms with van der Waals surface area (Å²) in [7, 11) is 1.63. The molecule has 152 valence electrons. The number of aliphatic imine (C=N–C) groups is 1. The highest BCUT2D eigenvalue weighted by Gasteiger charge is 2.50. The van der Waals surface area contributed by atoms with Crippen molar-refractivity contribution in [2.24, 2.45) is 10.7 Å². The van der Waals surface area contributed by atoms with Crippen molar-refractivity contribution in [2.45, 2.75) is 19.4 Å². The highest BCUT2D eigenvalue weighted by molar-refractivity contribution is 6.09. The molecule has 0 bridgehead atoms. The molecule has 3 aromatic rings. The van der Waals surface area contributed by atoms with E-state index in [0.717, 1.165) is 33.6 Å². The summed E-state index contributed by atoms with van der Waals surface area (Å²) in [5, 5.41) is 0. The van der Waals surface area contributed by atoms with Crippen LogP contribution in [-0.2, 0) is 10.3 Å². The fourth-order valence-electron chi connectivity index (χ4n) is 3.99. The van der Waals surface area contributed by atoms with Gasteiger partial charge in [-0.15, -0.1) is 0 Å². The molecule has 2 N–H and O–H groups in total. The van der Waals surface area contributed by atoms with E-state index in [1.54, 1.807) is 19.5 Å². The van der Waals surface area contributed by atoms with E-state index in [1.807, 2.05) is 68.4 Å². The van der Waals surface area contributed by atoms with E-state index in [4.69, 9.17) is 15.5 Å². The lowest BCUT2D eigenvalue weighted by atomic mass is 9.81. The first-order valence-corrected chi connectivity index (χ1v) is 9.84. The molecule has 0 spiro atoms. The number of methoxy groups -OCH3 is 1. The third kappa shape index (κ3) is 3.01. The van der Waals surface area contributed by atoms with Crippen molar-refractivity contribution >= 4 is 11.9 Å². The van der Waals surface area contributed by atoms with Gasteiger partial charge in [-0.2, -0.15) is 0 Å². The highest BCUT2D eigenvalue weighted by atomic mass is 16.5. The normalized spacial score (nSPS) is 18.4. The summed E-state index contributed by atoms with van der Waals surface area (Å²) in [6.07, 6.45) is 3.54. The Bertz CT molecular complexity index is 1130. The number of nitrogens with two attached hydrogens (primary N) is 1. The van der Waals surface area contributed by atoms with E-state index in [1.165, 1.54) is 4.90 Å². The van der Waals surface area contributed by atoms with Gasteiger partial charge in [0.25, 0.3) is 5.91 Å². The number of aryl methyl sites for hydroxylation is 1. The van der Waals surface area contributed by atoms with Gasteiger partial charge in [0.1, 0.15) is 5.75 Å². The second kappa shape index (κ2) is 7.63. The first-order chi connectivity index (χ1) is 14.5. The summed E-state index contributed by atoms with van der Waals surface area (Å²) in [5.41, 5.74) is 9.32. The van der Waals surface area contributed by atoms with Gasteiger partial charge < -0.3 is 10.5 Å². The Kier molecular flexibility index (Phi) is 4.99. The lowest BCUT2D eigenvalue weighted by molar-refractivity contribution is -0.130. The Hall–Kier alpha value is -3.67. The number of guanidine groups is 1. The Morgan fingerprint density at radius 3 is 2.47 bits per heavy atom. The second-order valence-electron chi connectivity index (χ2n) is 7.24. The molecule has 2 aromatic carbocycles. The largest absolute Gasteiger partial charge is 0.496 e. The van der Waals surface area contributed by atoms with Crippen molar-refractivity contribution in [3.63, 3.8) is 0 Å². The Morgan fingerprint density at radius 1 is 1.07 bits per heavy atom. The molecule has 1 unspecified atom stereocenters. The van der Waals surface area contributed by atoms with Crippen LogP contribution in [0.5, 0.6) is 5.75 Å². The first-order valence-electron chi connectivity index (χ1n) is 9.84. The van der Waals surface area contributed by atoms with E-state index in [0.29, 0.717) is 6.54 Å². The highest BCUT2D eigenvalue weighted by Crippen LogP contribution is 2.42. The van der Waals surface area contributed by atoms with Gasteiger partial charge in [-0.25, -0.2) is 4.99 Å². The molecule has 0 radical (unpaired) electrons. The van der Waals surface area contributed by atoms with Crippen molar-refractivity contribution in [3.05, 3.63) is 83.7 Å². The molecule has 0 saturated heterocycles. The number of benzene rings is 2. The van der Waals surface area contributed by atoms with Crippen molar-refractivity contribution in [1.82, 2.24) is 9.88 Å². The molecule has 1 amide bonds. The smallest absolute Gasteiger partial charge is 0.266 e. The van der Waals surface area contributed by atoms with E-state index in [2.05, 4.69) is 4.98 Å². The van der Waals surface area contributed by atoms with Crippen LogP contribution in [0.15, 0.2) is 72.0 Å². The molecule has 0 aliphatic carbocycles. The van der Waals surface area contributed by atoms with Crippen LogP contribution in [-0.4, -0.2) is 35.4 Å². The predicted molar refractivity (Wildman–Crippen MR) is 117 cm³/mol. The van der Waals surface area contributed by atoms with Crippen LogP contribution in [0, 0.1) is 6.92 Å². The summed E-state index contributed by atoms with van der Waals surface area (Å²) in [6.45, 7) is 4.29. The third-order valence-electron chi connectivity index (χ3n) is 5.52. The van der Waals surface area contributed by atoms with Crippen LogP contribution in [0.25, 0.3) is 11.1 Å². The minimum atomic E-state index is -1.24. The molecule has 1 aromatic heterocycles. The molecule has 6 heteroatoms. The van der Waals surface area contributed by atoms with Gasteiger partial charge in [0.05, 0.1) is 7.11 Å². The van der Waals surface area contributed by atoms with Crippen LogP contribution in [0.4, 0.5) is 0 Å². The number of rotatable bonds is 5. The van der Waals surface area contributed by atoms with Crippen LogP contribution in [0.1, 0.15) is 23.6 Å². The maximum atomic E-state index is 13.7. The number of hydrogen-bond donors (Lipinski definition) is 1. The van der Waals surface area contributed by atoms with Gasteiger partial charge in [-0.3, -0.25) is 14.7 Å². The zero-order chi connectivity index (χ0) is 21.3. The van der Waals surface area contributed by atoms with E-state index >= 15 is 0 Å². The van der Waals surface area contributed by atoms with Crippen molar-refractivity contribution in [1.29, 1.82) is 0 Å². The minimum Gasteiger partial charge on any atom is -0.496 e. The number of pyridine rings is 1. The van der Waals surface area contributed by atoms with Gasteiger partial charge in [0.2, 0.25) is 0 Å². The maximum absolute atomic E-state index is 13.7. The van der Waals surface area contributed by atoms with Gasteiger partial charge in [0.15, 0.2) is 11.5 Å². The van der Waals surface area contributed by atoms with Gasteiger partial charge in [-0.05, 0) is 65.9 Å². The Morgan fingerprint density at radius 2 is 1.83 bits per heavy atom. The topological polar surface area (TPSA) is 80.8 Å². The van der Waals surface area contributed by atoms with Crippen molar-refractivity contribution in [3.8, 4) is 16.9 Å². The number of amides is 1. The fourth-order valence-corrected chi connectivity index (χ4v) is 3.99. The average molecular weight is 400 g/mol. The number of carbonyl (C=O) groups excluding carboxylic acids is 1. The SMILES string of the molecule is CCN1C(=O)C(c2cccc(-c3cccnc3)c2)(c2ccc(OC)c(C)c2)N=C1N. The molecule has 0 fully saturated rings. The lowest BCUT2D eigenvalue weighted by Crippen LogP contribution is -2.43. The fraction of sp³-hybridized carbons (Fsp3) is 0.208. The average Bonchev–Trinajstić information content (AvgIpc) is 3.04. The zero-order valence-electron chi connectivity index (χ0n) is 17.3. The molecule has 1 aliphatic rings. The van der Waals surface area contributed by atoms with Gasteiger partial charge >= 0.3 is 0 Å². The number of nitrogens with zero attached hydrogens (tertiary/aromatic N) is 3. The first kappa shape index (κ1) is 19.6. The number of likely N-dealkylation sites (N-methyl/N-ethyl adjacent to an activating group) is 1. The predicted octanol–water partition coefficient (Wildman–Crippen LogP) is 3.49. The van der Waals surface area contributed by atoms with Gasteiger partial charge in [-0.1, -0.05) is 30.3 Å². The summed E-state index contributed by atoms with van der Waals surface area (Å²) < 4.78 is 5.41. The molecule has 1 aliphatic heterocycles. The molecule has 4 rings (SSSR count). The Labute approximate surface area is 176 Å². The summed E-state index contributed by atoms with van der Waals surface area (Å²) in [5.74, 6) is 0.825. The minimum absolute atomic E-state index is 0.157. The van der Waals surface area contributed by atoms with Crippen molar-refractivity contribution < 1.29 is 9.53 Å². The second-order valence-corrected chi connectivity index (χ2v) is 7.24. The zero-order valence-corrected chi connectivity index (χ0v) is 17.3. The van der Waals surface area contributed by atoms with Crippen LogP contribution >= 0.6 is 0 Å². The maximum Gasteiger partial charge on any atom is 0.266 e. The van der Waals surface area contributed by atoms with Crippen LogP contribution in [0.3, 0.4) is 0 Å². The number of carbonyl (C=O) groups is 1. The molecule has 6 nitrogen and oxygen atoms in total. The monoisotopic (exact) mass is 400 g/mol. The van der Waals surface area contributed by atoms with E-state index in [-0.39, 0.29) is 11.9 Å². The summed E-state index contributed by atoms with van der Waals surface area (Å²) in [4.78, 5) is 24.1. The molecular weight excluding hydrogens is 376 g/mol. The van der Waals surface area contributed by atoms with Crippen LogP contribution in [0.2, 0.25) is 0 Å². The molecule has 30 heavy (non-hydrogen) atoms. The quantitative estimate of drug-likeness (QED) is 0.711. The third-order valence-corrected chi connectivity index (χ3v) is 5.52. The summed E-state index contributed by atoms with van der Waals surface area (Å²) >= 11 is 0. The molecule has 2 heterocycles. The molecular formula is C24H24N4O2. The standard InChI is InChI=1S/C24H24N4O2/c1-4-28-22(29)24(27-23(28)25,20-10-11-21(30-3)16(2)13-20)19-9-5-7-17(14-19)18-8-6-12-26-15-18/h5-15H,4H2,1-3H3,(H2,25,27). The lowest BCUT2D eigenvalue weighted by Gasteiger charge is -2.28. The van der Waals surface area contributed by atoms with E-state index < -0.39 is 5.54 Å². The van der Waals surface area contributed by atoms with Crippen molar-refractivity contribution in [2.75, 3.05) is 13.7 Å². The number of aromatic nitrogens is 1. The molecule has 1 atom stereocenters. The van der Waals surface area contributed by atoms with Gasteiger partial charge in [0, 0.05) is 18.9 Å². The van der Waals surface area contributed by atoms with Crippen LogP contribution < -0.4 is 10.5 Å². The summed E-state index contributed by atoms with van der Waals surface area (Å²) in [6, 6.07) is 17.4. The van der Waals surface area contributed by atoms with E-state index in [9.17, 15) is 4.79 Å². The Balaban J connectivity index is 1.95. The number of hydrogen-bond acceptors (Lipinski definition) is 5.